The van der Waals surface area contributed by atoms with Gasteiger partial charge in [0, 0.05) is 4.88 Å². The van der Waals surface area contributed by atoms with Gasteiger partial charge in [0.15, 0.2) is 5.16 Å². The molecule has 0 saturated heterocycles. The second-order valence-corrected chi connectivity index (χ2v) is 9.32. The summed E-state index contributed by atoms with van der Waals surface area (Å²) in [5.41, 5.74) is 3.59. The summed E-state index contributed by atoms with van der Waals surface area (Å²) in [6, 6.07) is 10.1. The molecule has 0 radical (unpaired) electrons. The van der Waals surface area contributed by atoms with Gasteiger partial charge in [0.2, 0.25) is 11.7 Å². The summed E-state index contributed by atoms with van der Waals surface area (Å²) >= 11 is 2.89. The molecule has 1 unspecified atom stereocenters. The van der Waals surface area contributed by atoms with Crippen molar-refractivity contribution in [2.45, 2.75) is 31.3 Å². The maximum atomic E-state index is 12.6. The van der Waals surface area contributed by atoms with Crippen molar-refractivity contribution in [1.82, 2.24) is 19.6 Å². The van der Waals surface area contributed by atoms with Crippen molar-refractivity contribution in [3.05, 3.63) is 40.3 Å². The SMILES string of the molecule is CC1CCc2c(sc(NC(=O)CSc3n[nH]c4nc5ccccc5n34)c2C#N)C1. The number of imidazole rings is 1. The Morgan fingerprint density at radius 3 is 3.21 bits per heavy atom. The number of thioether (sulfide) groups is 1. The molecule has 0 bridgehead atoms. The average Bonchev–Trinajstić information content (AvgIpc) is 3.37. The molecule has 1 amide bonds. The average molecular weight is 423 g/mol. The number of carbonyl (C=O) groups excluding carboxylic acids is 1. The monoisotopic (exact) mass is 422 g/mol. The molecule has 4 aromatic rings. The first kappa shape index (κ1) is 18.2. The van der Waals surface area contributed by atoms with Crippen LogP contribution in [0.3, 0.4) is 0 Å². The number of benzene rings is 1. The molecule has 7 nitrogen and oxygen atoms in total. The van der Waals surface area contributed by atoms with E-state index in [1.54, 1.807) is 11.3 Å². The molecule has 1 aliphatic carbocycles. The zero-order valence-electron chi connectivity index (χ0n) is 15.7. The van der Waals surface area contributed by atoms with Crippen LogP contribution in [0.25, 0.3) is 16.8 Å². The standard InChI is InChI=1S/C20H18N6OS2/c1-11-6-7-12-13(9-21)18(29-16(12)8-11)23-17(27)10-28-20-25-24-19-22-14-4-2-3-5-15(14)26(19)20/h2-5,11H,6-8,10H2,1H3,(H,22,24)(H,23,27). The number of nitrogens with one attached hydrogen (secondary N) is 2. The highest BCUT2D eigenvalue weighted by Gasteiger charge is 2.24. The van der Waals surface area contributed by atoms with E-state index in [0.29, 0.717) is 27.4 Å². The van der Waals surface area contributed by atoms with E-state index in [0.717, 1.165) is 35.9 Å². The fourth-order valence-electron chi connectivity index (χ4n) is 3.79. The lowest BCUT2D eigenvalue weighted by Crippen LogP contribution is -2.14. The molecule has 146 valence electrons. The molecular weight excluding hydrogens is 404 g/mol. The van der Waals surface area contributed by atoms with Gasteiger partial charge < -0.3 is 5.32 Å². The molecular formula is C20H18N6OS2. The second kappa shape index (κ2) is 7.21. The normalized spacial score (nSPS) is 16.1. The number of hydrogen-bond acceptors (Lipinski definition) is 6. The summed E-state index contributed by atoms with van der Waals surface area (Å²) in [7, 11) is 0. The summed E-state index contributed by atoms with van der Waals surface area (Å²) in [6.45, 7) is 2.23. The van der Waals surface area contributed by atoms with E-state index in [4.69, 9.17) is 0 Å². The molecule has 2 N–H and O–H groups in total. The van der Waals surface area contributed by atoms with Crippen molar-refractivity contribution >= 4 is 50.8 Å². The molecule has 3 heterocycles. The summed E-state index contributed by atoms with van der Waals surface area (Å²) in [4.78, 5) is 18.3. The van der Waals surface area contributed by atoms with Crippen molar-refractivity contribution in [1.29, 1.82) is 5.26 Å². The topological polar surface area (TPSA) is 98.9 Å². The van der Waals surface area contributed by atoms with Crippen molar-refractivity contribution in [3.8, 4) is 6.07 Å². The zero-order chi connectivity index (χ0) is 20.0. The molecule has 1 aromatic carbocycles. The summed E-state index contributed by atoms with van der Waals surface area (Å²) in [6.07, 6.45) is 2.99. The molecule has 0 saturated carbocycles. The Hall–Kier alpha value is -2.83. The molecule has 0 spiro atoms. The first-order valence-electron chi connectivity index (χ1n) is 9.43. The molecule has 3 aromatic heterocycles. The third-order valence-corrected chi connectivity index (χ3v) is 7.32. The smallest absolute Gasteiger partial charge is 0.235 e. The molecule has 5 rings (SSSR count). The number of rotatable bonds is 4. The third kappa shape index (κ3) is 3.18. The van der Waals surface area contributed by atoms with E-state index in [-0.39, 0.29) is 11.7 Å². The van der Waals surface area contributed by atoms with Gasteiger partial charge in [-0.15, -0.1) is 16.4 Å². The van der Waals surface area contributed by atoms with E-state index in [2.05, 4.69) is 33.5 Å². The molecule has 0 fully saturated rings. The lowest BCUT2D eigenvalue weighted by Gasteiger charge is -2.17. The molecule has 1 aliphatic rings. The number of para-hydroxylation sites is 2. The van der Waals surface area contributed by atoms with Gasteiger partial charge in [-0.2, -0.15) is 5.26 Å². The minimum absolute atomic E-state index is 0.140. The van der Waals surface area contributed by atoms with Gasteiger partial charge in [0.1, 0.15) is 11.1 Å². The second-order valence-electron chi connectivity index (χ2n) is 7.27. The fourth-order valence-corrected chi connectivity index (χ4v) is 5.92. The maximum absolute atomic E-state index is 12.6. The van der Waals surface area contributed by atoms with Crippen LogP contribution in [0.2, 0.25) is 0 Å². The van der Waals surface area contributed by atoms with Crippen LogP contribution in [0.5, 0.6) is 0 Å². The number of amides is 1. The Morgan fingerprint density at radius 2 is 2.34 bits per heavy atom. The number of aromatic nitrogens is 4. The molecule has 1 atom stereocenters. The maximum Gasteiger partial charge on any atom is 0.235 e. The Balaban J connectivity index is 1.34. The van der Waals surface area contributed by atoms with Gasteiger partial charge in [-0.3, -0.25) is 9.20 Å². The predicted molar refractivity (Wildman–Crippen MR) is 114 cm³/mol. The zero-order valence-corrected chi connectivity index (χ0v) is 17.4. The van der Waals surface area contributed by atoms with E-state index in [1.807, 2.05) is 28.7 Å². The van der Waals surface area contributed by atoms with Gasteiger partial charge in [-0.05, 0) is 42.9 Å². The highest BCUT2D eigenvalue weighted by atomic mass is 32.2. The number of thiophene rings is 1. The number of aromatic amines is 1. The lowest BCUT2D eigenvalue weighted by atomic mass is 9.89. The highest BCUT2D eigenvalue weighted by Crippen LogP contribution is 2.39. The quantitative estimate of drug-likeness (QED) is 0.484. The van der Waals surface area contributed by atoms with Crippen LogP contribution in [-0.2, 0) is 17.6 Å². The van der Waals surface area contributed by atoms with Crippen LogP contribution in [0.1, 0.15) is 29.3 Å². The van der Waals surface area contributed by atoms with Crippen LogP contribution >= 0.6 is 23.1 Å². The first-order chi connectivity index (χ1) is 14.1. The van der Waals surface area contributed by atoms with Crippen LogP contribution in [0, 0.1) is 17.2 Å². The van der Waals surface area contributed by atoms with Crippen LogP contribution in [-0.4, -0.2) is 31.2 Å². The van der Waals surface area contributed by atoms with Gasteiger partial charge in [-0.25, -0.2) is 10.1 Å². The molecule has 9 heteroatoms. The number of H-pyrrole nitrogens is 1. The van der Waals surface area contributed by atoms with Crippen LogP contribution in [0.15, 0.2) is 29.4 Å². The summed E-state index contributed by atoms with van der Waals surface area (Å²) in [5, 5.41) is 21.1. The number of hydrogen-bond donors (Lipinski definition) is 2. The van der Waals surface area contributed by atoms with Crippen molar-refractivity contribution in [2.24, 2.45) is 5.92 Å². The van der Waals surface area contributed by atoms with Crippen LogP contribution in [0.4, 0.5) is 5.00 Å². The third-order valence-electron chi connectivity index (χ3n) is 5.21. The van der Waals surface area contributed by atoms with Gasteiger partial charge in [0.25, 0.3) is 0 Å². The van der Waals surface area contributed by atoms with E-state index < -0.39 is 0 Å². The first-order valence-corrected chi connectivity index (χ1v) is 11.2. The number of anilines is 1. The van der Waals surface area contributed by atoms with Crippen LogP contribution < -0.4 is 5.32 Å². The Labute approximate surface area is 175 Å². The number of nitrogens with zero attached hydrogens (tertiary/aromatic N) is 4. The van der Waals surface area contributed by atoms with Crippen molar-refractivity contribution in [2.75, 3.05) is 11.1 Å². The van der Waals surface area contributed by atoms with Gasteiger partial charge in [-0.1, -0.05) is 30.8 Å². The molecule has 0 aliphatic heterocycles. The predicted octanol–water partition coefficient (Wildman–Crippen LogP) is 4.00. The number of nitriles is 1. The van der Waals surface area contributed by atoms with E-state index in [1.165, 1.54) is 16.6 Å². The highest BCUT2D eigenvalue weighted by molar-refractivity contribution is 7.99. The van der Waals surface area contributed by atoms with Crippen molar-refractivity contribution < 1.29 is 4.79 Å². The largest absolute Gasteiger partial charge is 0.316 e. The lowest BCUT2D eigenvalue weighted by molar-refractivity contribution is -0.113. The Morgan fingerprint density at radius 1 is 1.48 bits per heavy atom. The Kier molecular flexibility index (Phi) is 4.53. The summed E-state index contributed by atoms with van der Waals surface area (Å²) in [5.74, 6) is 1.34. The summed E-state index contributed by atoms with van der Waals surface area (Å²) < 4.78 is 1.92. The minimum atomic E-state index is -0.140. The van der Waals surface area contributed by atoms with Crippen molar-refractivity contribution in [3.63, 3.8) is 0 Å². The van der Waals surface area contributed by atoms with Gasteiger partial charge in [0.05, 0.1) is 22.3 Å². The fraction of sp³-hybridized carbons (Fsp3) is 0.300. The number of carbonyl (C=O) groups is 1. The number of fused-ring (bicyclic) bond motifs is 4. The molecule has 29 heavy (non-hydrogen) atoms. The van der Waals surface area contributed by atoms with E-state index >= 15 is 0 Å². The van der Waals surface area contributed by atoms with Gasteiger partial charge >= 0.3 is 0 Å². The minimum Gasteiger partial charge on any atom is -0.316 e. The Bertz CT molecular complexity index is 1280. The van der Waals surface area contributed by atoms with E-state index in [9.17, 15) is 10.1 Å².